The molecule has 2 aromatic rings. The van der Waals surface area contributed by atoms with Crippen molar-refractivity contribution in [3.05, 3.63) is 11.1 Å². The van der Waals surface area contributed by atoms with Crippen LogP contribution in [-0.4, -0.2) is 57.1 Å². The molecule has 2 rings (SSSR count). The fourth-order valence-corrected chi connectivity index (χ4v) is 3.63. The topological polar surface area (TPSA) is 151 Å². The van der Waals surface area contributed by atoms with E-state index in [-0.39, 0.29) is 24.1 Å². The Morgan fingerprint density at radius 3 is 2.79 bits per heavy atom. The monoisotopic (exact) mass is 428 g/mol. The van der Waals surface area contributed by atoms with Crippen LogP contribution in [0.3, 0.4) is 0 Å². The first-order valence-corrected chi connectivity index (χ1v) is 10.0. The zero-order chi connectivity index (χ0) is 20.7. The third-order valence-corrected chi connectivity index (χ3v) is 5.14. The molecule has 0 radical (unpaired) electrons. The summed E-state index contributed by atoms with van der Waals surface area (Å²) in [5, 5.41) is 12.6. The van der Waals surface area contributed by atoms with Gasteiger partial charge in [0.1, 0.15) is 6.04 Å². The molecule has 3 N–H and O–H groups in total. The molecule has 1 amide bonds. The molecule has 1 atom stereocenters. The number of methoxy groups -OCH3 is 1. The summed E-state index contributed by atoms with van der Waals surface area (Å²) < 4.78 is 10.9. The highest BCUT2D eigenvalue weighted by Crippen LogP contribution is 2.25. The Kier molecular flexibility index (Phi) is 7.75. The average Bonchev–Trinajstić information content (AvgIpc) is 3.25. The number of rotatable bonds is 9. The van der Waals surface area contributed by atoms with Crippen molar-refractivity contribution >= 4 is 52.0 Å². The maximum atomic E-state index is 12.6. The van der Waals surface area contributed by atoms with Gasteiger partial charge in [0.25, 0.3) is 0 Å². The molecule has 11 nitrogen and oxygen atoms in total. The molecule has 0 saturated heterocycles. The standard InChI is InChI=1S/C15H20N6O5S2/c1-4-26-10(22)5-9-6-27-14(17-9)18-12(24)8(2)21-13(16)19-20-15(21)28-7-11(23)25-3/h6,8H,4-5,7H2,1-3H3,(H2,16,19)(H,17,18,24). The molecule has 13 heteroatoms. The molecule has 152 valence electrons. The van der Waals surface area contributed by atoms with E-state index in [9.17, 15) is 14.4 Å². The van der Waals surface area contributed by atoms with Crippen LogP contribution < -0.4 is 11.1 Å². The molecular formula is C15H20N6O5S2. The van der Waals surface area contributed by atoms with Crippen molar-refractivity contribution in [3.63, 3.8) is 0 Å². The van der Waals surface area contributed by atoms with Crippen molar-refractivity contribution in [2.75, 3.05) is 30.5 Å². The van der Waals surface area contributed by atoms with Crippen molar-refractivity contribution in [2.24, 2.45) is 0 Å². The highest BCUT2D eigenvalue weighted by atomic mass is 32.2. The molecule has 0 aliphatic rings. The van der Waals surface area contributed by atoms with Gasteiger partial charge >= 0.3 is 11.9 Å². The van der Waals surface area contributed by atoms with E-state index in [0.717, 1.165) is 11.8 Å². The number of thiazole rings is 1. The van der Waals surface area contributed by atoms with E-state index in [1.54, 1.807) is 19.2 Å². The van der Waals surface area contributed by atoms with Crippen LogP contribution in [0.4, 0.5) is 11.1 Å². The van der Waals surface area contributed by atoms with Crippen molar-refractivity contribution in [1.82, 2.24) is 19.7 Å². The molecular weight excluding hydrogens is 408 g/mol. The molecule has 0 aliphatic carbocycles. The van der Waals surface area contributed by atoms with E-state index in [1.807, 2.05) is 0 Å². The highest BCUT2D eigenvalue weighted by molar-refractivity contribution is 7.99. The van der Waals surface area contributed by atoms with Crippen LogP contribution in [0.5, 0.6) is 0 Å². The van der Waals surface area contributed by atoms with Gasteiger partial charge in [-0.25, -0.2) is 4.98 Å². The van der Waals surface area contributed by atoms with Gasteiger partial charge < -0.3 is 20.5 Å². The minimum atomic E-state index is -0.757. The second-order valence-corrected chi connectivity index (χ2v) is 7.17. The van der Waals surface area contributed by atoms with Crippen LogP contribution in [0.1, 0.15) is 25.6 Å². The Bertz CT molecular complexity index is 852. The van der Waals surface area contributed by atoms with Crippen molar-refractivity contribution < 1.29 is 23.9 Å². The number of nitrogens with two attached hydrogens (primary N) is 1. The maximum absolute atomic E-state index is 12.6. The van der Waals surface area contributed by atoms with Gasteiger partial charge in [0.2, 0.25) is 11.9 Å². The Balaban J connectivity index is 2.03. The third-order valence-electron chi connectivity index (χ3n) is 3.42. The van der Waals surface area contributed by atoms with Crippen LogP contribution in [-0.2, 0) is 30.3 Å². The minimum absolute atomic E-state index is 0.00662. The Labute approximate surface area is 169 Å². The zero-order valence-electron chi connectivity index (χ0n) is 15.5. The normalized spacial score (nSPS) is 11.7. The first-order valence-electron chi connectivity index (χ1n) is 8.16. The van der Waals surface area contributed by atoms with Crippen molar-refractivity contribution in [3.8, 4) is 0 Å². The molecule has 0 saturated carbocycles. The number of esters is 2. The molecule has 0 aromatic carbocycles. The lowest BCUT2D eigenvalue weighted by Gasteiger charge is -2.15. The number of nitrogens with zero attached hydrogens (tertiary/aromatic N) is 4. The Morgan fingerprint density at radius 2 is 2.11 bits per heavy atom. The summed E-state index contributed by atoms with van der Waals surface area (Å²) >= 11 is 2.25. The minimum Gasteiger partial charge on any atom is -0.468 e. The van der Waals surface area contributed by atoms with Crippen LogP contribution in [0.15, 0.2) is 10.5 Å². The molecule has 1 unspecified atom stereocenters. The lowest BCUT2D eigenvalue weighted by molar-refractivity contribution is -0.142. The summed E-state index contributed by atoms with van der Waals surface area (Å²) in [5.41, 5.74) is 6.32. The van der Waals surface area contributed by atoms with E-state index < -0.39 is 17.9 Å². The summed E-state index contributed by atoms with van der Waals surface area (Å²) in [6.45, 7) is 3.63. The maximum Gasteiger partial charge on any atom is 0.316 e. The molecule has 0 aliphatic heterocycles. The van der Waals surface area contributed by atoms with Gasteiger partial charge in [0.05, 0.1) is 31.6 Å². The summed E-state index contributed by atoms with van der Waals surface area (Å²) in [6.07, 6.45) is 0.0302. The molecule has 0 fully saturated rings. The van der Waals surface area contributed by atoms with Gasteiger partial charge in [-0.05, 0) is 13.8 Å². The van der Waals surface area contributed by atoms with E-state index in [2.05, 4.69) is 25.2 Å². The number of aromatic nitrogens is 4. The number of amides is 1. The van der Waals surface area contributed by atoms with E-state index in [4.69, 9.17) is 10.5 Å². The number of carbonyl (C=O) groups excluding carboxylic acids is 3. The van der Waals surface area contributed by atoms with E-state index in [1.165, 1.54) is 23.0 Å². The van der Waals surface area contributed by atoms with Gasteiger partial charge in [0, 0.05) is 5.38 Å². The third kappa shape index (κ3) is 5.66. The second kappa shape index (κ2) is 10.0. The predicted octanol–water partition coefficient (Wildman–Crippen LogP) is 0.887. The molecule has 0 bridgehead atoms. The smallest absolute Gasteiger partial charge is 0.316 e. The van der Waals surface area contributed by atoms with E-state index >= 15 is 0 Å². The number of hydrogen-bond acceptors (Lipinski definition) is 11. The zero-order valence-corrected chi connectivity index (χ0v) is 17.1. The van der Waals surface area contributed by atoms with Crippen molar-refractivity contribution in [1.29, 1.82) is 0 Å². The number of carbonyl (C=O) groups is 3. The Morgan fingerprint density at radius 1 is 1.36 bits per heavy atom. The first kappa shape index (κ1) is 21.6. The number of anilines is 2. The van der Waals surface area contributed by atoms with Gasteiger partial charge in [-0.15, -0.1) is 21.5 Å². The number of nitrogens with one attached hydrogen (secondary N) is 1. The summed E-state index contributed by atoms with van der Waals surface area (Å²) in [7, 11) is 1.28. The summed E-state index contributed by atoms with van der Waals surface area (Å²) in [5.74, 6) is -1.18. The number of nitrogen functional groups attached to an aromatic ring is 1. The fraction of sp³-hybridized carbons (Fsp3) is 0.467. The SMILES string of the molecule is CCOC(=O)Cc1csc(NC(=O)C(C)n2c(N)nnc2SCC(=O)OC)n1. The van der Waals surface area contributed by atoms with Gasteiger partial charge in [-0.2, -0.15) is 0 Å². The number of ether oxygens (including phenoxy) is 2. The average molecular weight is 428 g/mol. The highest BCUT2D eigenvalue weighted by Gasteiger charge is 2.23. The molecule has 2 aromatic heterocycles. The van der Waals surface area contributed by atoms with Crippen molar-refractivity contribution in [2.45, 2.75) is 31.5 Å². The number of hydrogen-bond donors (Lipinski definition) is 2. The summed E-state index contributed by atoms with van der Waals surface area (Å²) in [6, 6.07) is -0.757. The second-order valence-electron chi connectivity index (χ2n) is 5.37. The molecule has 2 heterocycles. The first-order chi connectivity index (χ1) is 13.3. The molecule has 0 spiro atoms. The Hall–Kier alpha value is -2.67. The van der Waals surface area contributed by atoms with E-state index in [0.29, 0.717) is 22.6 Å². The lowest BCUT2D eigenvalue weighted by Crippen LogP contribution is -2.25. The number of thioether (sulfide) groups is 1. The quantitative estimate of drug-likeness (QED) is 0.435. The lowest BCUT2D eigenvalue weighted by atomic mass is 10.3. The van der Waals surface area contributed by atoms with Crippen LogP contribution in [0.25, 0.3) is 0 Å². The van der Waals surface area contributed by atoms with Gasteiger partial charge in [0.15, 0.2) is 10.3 Å². The van der Waals surface area contributed by atoms with Crippen LogP contribution in [0, 0.1) is 0 Å². The summed E-state index contributed by atoms with van der Waals surface area (Å²) in [4.78, 5) is 39.6. The fourth-order valence-electron chi connectivity index (χ4n) is 2.07. The predicted molar refractivity (Wildman–Crippen MR) is 103 cm³/mol. The largest absolute Gasteiger partial charge is 0.468 e. The van der Waals surface area contributed by atoms with Gasteiger partial charge in [-0.1, -0.05) is 11.8 Å². The van der Waals surface area contributed by atoms with Crippen LogP contribution >= 0.6 is 23.1 Å². The van der Waals surface area contributed by atoms with Gasteiger partial charge in [-0.3, -0.25) is 19.0 Å². The molecule has 28 heavy (non-hydrogen) atoms. The van der Waals surface area contributed by atoms with Crippen LogP contribution in [0.2, 0.25) is 0 Å².